The zero-order valence-electron chi connectivity index (χ0n) is 16.7. The summed E-state index contributed by atoms with van der Waals surface area (Å²) in [7, 11) is 4.60. The van der Waals surface area contributed by atoms with Gasteiger partial charge < -0.3 is 24.6 Å². The number of ether oxygens (including phenoxy) is 3. The number of benzene rings is 2. The number of carbonyl (C=O) groups is 2. The van der Waals surface area contributed by atoms with Crippen LogP contribution in [0.3, 0.4) is 0 Å². The van der Waals surface area contributed by atoms with E-state index in [0.717, 1.165) is 11.1 Å². The SMILES string of the molecule is COc1cc(CCC(=O)Nc2cc(C(=O)O)c(C)cc2C)cc(OC)c1OC. The summed E-state index contributed by atoms with van der Waals surface area (Å²) >= 11 is 0. The third kappa shape index (κ3) is 4.73. The van der Waals surface area contributed by atoms with Gasteiger partial charge >= 0.3 is 5.97 Å². The fourth-order valence-electron chi connectivity index (χ4n) is 2.97. The van der Waals surface area contributed by atoms with Crippen LogP contribution in [0.5, 0.6) is 17.2 Å². The van der Waals surface area contributed by atoms with E-state index >= 15 is 0 Å². The van der Waals surface area contributed by atoms with Crippen LogP contribution in [-0.4, -0.2) is 38.3 Å². The van der Waals surface area contributed by atoms with E-state index in [1.807, 2.05) is 6.92 Å². The average Bonchev–Trinajstić information content (AvgIpc) is 2.67. The van der Waals surface area contributed by atoms with Crippen LogP contribution >= 0.6 is 0 Å². The van der Waals surface area contributed by atoms with Gasteiger partial charge in [-0.15, -0.1) is 0 Å². The van der Waals surface area contributed by atoms with E-state index in [4.69, 9.17) is 14.2 Å². The summed E-state index contributed by atoms with van der Waals surface area (Å²) in [4.78, 5) is 23.7. The Balaban J connectivity index is 2.13. The molecule has 150 valence electrons. The molecule has 0 saturated carbocycles. The summed E-state index contributed by atoms with van der Waals surface area (Å²) in [5.74, 6) is 0.313. The van der Waals surface area contributed by atoms with Crippen LogP contribution < -0.4 is 19.5 Å². The maximum Gasteiger partial charge on any atom is 0.336 e. The van der Waals surface area contributed by atoms with Crippen molar-refractivity contribution in [2.75, 3.05) is 26.6 Å². The number of carboxylic acids is 1. The van der Waals surface area contributed by atoms with Gasteiger partial charge in [0.2, 0.25) is 11.7 Å². The first-order valence-electron chi connectivity index (χ1n) is 8.74. The van der Waals surface area contributed by atoms with Crippen LogP contribution in [0.4, 0.5) is 5.69 Å². The molecule has 2 N–H and O–H groups in total. The standard InChI is InChI=1S/C21H25NO6/c1-12-8-13(2)16(11-15(12)21(24)25)22-19(23)7-6-14-9-17(26-3)20(28-5)18(10-14)27-4/h8-11H,6-7H2,1-5H3,(H,22,23)(H,24,25). The normalized spacial score (nSPS) is 10.3. The van der Waals surface area contributed by atoms with E-state index in [9.17, 15) is 14.7 Å². The average molecular weight is 387 g/mol. The molecule has 2 aromatic rings. The minimum Gasteiger partial charge on any atom is -0.493 e. The van der Waals surface area contributed by atoms with Crippen LogP contribution in [-0.2, 0) is 11.2 Å². The molecule has 28 heavy (non-hydrogen) atoms. The molecule has 0 saturated heterocycles. The lowest BCUT2D eigenvalue weighted by Crippen LogP contribution is -2.14. The highest BCUT2D eigenvalue weighted by Gasteiger charge is 2.15. The Labute approximate surface area is 164 Å². The minimum absolute atomic E-state index is 0.172. The smallest absolute Gasteiger partial charge is 0.336 e. The molecule has 0 aliphatic rings. The van der Waals surface area contributed by atoms with E-state index in [1.54, 1.807) is 25.1 Å². The highest BCUT2D eigenvalue weighted by molar-refractivity contribution is 5.95. The Morgan fingerprint density at radius 1 is 0.929 bits per heavy atom. The maximum atomic E-state index is 12.4. The third-order valence-corrected chi connectivity index (χ3v) is 4.44. The molecule has 7 heteroatoms. The van der Waals surface area contributed by atoms with Crippen molar-refractivity contribution in [3.63, 3.8) is 0 Å². The summed E-state index contributed by atoms with van der Waals surface area (Å²) in [6, 6.07) is 6.84. The Morgan fingerprint density at radius 3 is 2.04 bits per heavy atom. The van der Waals surface area contributed by atoms with Crippen molar-refractivity contribution in [1.29, 1.82) is 0 Å². The van der Waals surface area contributed by atoms with Crippen molar-refractivity contribution in [1.82, 2.24) is 0 Å². The molecule has 0 heterocycles. The lowest BCUT2D eigenvalue weighted by Gasteiger charge is -2.14. The second-order valence-electron chi connectivity index (χ2n) is 6.37. The lowest BCUT2D eigenvalue weighted by molar-refractivity contribution is -0.116. The van der Waals surface area contributed by atoms with Crippen LogP contribution in [0, 0.1) is 13.8 Å². The molecular weight excluding hydrogens is 362 g/mol. The lowest BCUT2D eigenvalue weighted by atomic mass is 10.0. The number of nitrogens with one attached hydrogen (secondary N) is 1. The van der Waals surface area contributed by atoms with Crippen molar-refractivity contribution in [3.05, 3.63) is 46.5 Å². The van der Waals surface area contributed by atoms with E-state index in [1.165, 1.54) is 27.4 Å². The first-order valence-corrected chi connectivity index (χ1v) is 8.74. The minimum atomic E-state index is -1.02. The van der Waals surface area contributed by atoms with Crippen molar-refractivity contribution >= 4 is 17.6 Å². The number of anilines is 1. The van der Waals surface area contributed by atoms with E-state index < -0.39 is 5.97 Å². The van der Waals surface area contributed by atoms with Gasteiger partial charge in [0.1, 0.15) is 0 Å². The molecule has 0 atom stereocenters. The summed E-state index contributed by atoms with van der Waals surface area (Å²) in [6.07, 6.45) is 0.674. The Morgan fingerprint density at radius 2 is 1.54 bits per heavy atom. The molecule has 2 rings (SSSR count). The third-order valence-electron chi connectivity index (χ3n) is 4.44. The maximum absolute atomic E-state index is 12.4. The Hall–Kier alpha value is -3.22. The summed E-state index contributed by atoms with van der Waals surface area (Å²) in [5.41, 5.74) is 2.99. The second kappa shape index (κ2) is 9.12. The highest BCUT2D eigenvalue weighted by atomic mass is 16.5. The molecule has 2 aromatic carbocycles. The molecule has 7 nitrogen and oxygen atoms in total. The number of hydrogen-bond donors (Lipinski definition) is 2. The summed E-state index contributed by atoms with van der Waals surface area (Å²) < 4.78 is 15.9. The number of carbonyl (C=O) groups excluding carboxylic acids is 1. The predicted molar refractivity (Wildman–Crippen MR) is 106 cm³/mol. The molecule has 0 aromatic heterocycles. The highest BCUT2D eigenvalue weighted by Crippen LogP contribution is 2.38. The van der Waals surface area contributed by atoms with Crippen molar-refractivity contribution in [2.45, 2.75) is 26.7 Å². The Bertz CT molecular complexity index is 866. The van der Waals surface area contributed by atoms with Gasteiger partial charge in [0.05, 0.1) is 26.9 Å². The van der Waals surface area contributed by atoms with Gasteiger partial charge in [-0.1, -0.05) is 6.07 Å². The molecular formula is C21H25NO6. The van der Waals surface area contributed by atoms with Gasteiger partial charge in [-0.3, -0.25) is 4.79 Å². The zero-order chi connectivity index (χ0) is 20.8. The zero-order valence-corrected chi connectivity index (χ0v) is 16.7. The van der Waals surface area contributed by atoms with Gasteiger partial charge in [-0.05, 0) is 55.2 Å². The molecule has 0 aliphatic heterocycles. The van der Waals surface area contributed by atoms with Gasteiger partial charge in [0.25, 0.3) is 0 Å². The molecule has 0 bridgehead atoms. The summed E-state index contributed by atoms with van der Waals surface area (Å²) in [5, 5.41) is 12.1. The molecule has 0 radical (unpaired) electrons. The Kier molecular flexibility index (Phi) is 6.87. The molecule has 0 aliphatic carbocycles. The quantitative estimate of drug-likeness (QED) is 0.719. The number of rotatable bonds is 8. The van der Waals surface area contributed by atoms with Crippen molar-refractivity contribution in [3.8, 4) is 17.2 Å². The number of hydrogen-bond acceptors (Lipinski definition) is 5. The van der Waals surface area contributed by atoms with Crippen LogP contribution in [0.1, 0.15) is 33.5 Å². The first-order chi connectivity index (χ1) is 13.3. The van der Waals surface area contributed by atoms with Gasteiger partial charge in [0.15, 0.2) is 11.5 Å². The topological polar surface area (TPSA) is 94.1 Å². The van der Waals surface area contributed by atoms with E-state index in [-0.39, 0.29) is 17.9 Å². The fraction of sp³-hybridized carbons (Fsp3) is 0.333. The second-order valence-corrected chi connectivity index (χ2v) is 6.37. The van der Waals surface area contributed by atoms with Gasteiger partial charge in [0, 0.05) is 12.1 Å². The van der Waals surface area contributed by atoms with Gasteiger partial charge in [-0.25, -0.2) is 4.79 Å². The number of carboxylic acid groups (broad SMARTS) is 1. The number of methoxy groups -OCH3 is 3. The van der Waals surface area contributed by atoms with Crippen LogP contribution in [0.25, 0.3) is 0 Å². The van der Waals surface area contributed by atoms with E-state index in [2.05, 4.69) is 5.32 Å². The van der Waals surface area contributed by atoms with Crippen LogP contribution in [0.15, 0.2) is 24.3 Å². The monoisotopic (exact) mass is 387 g/mol. The molecule has 0 spiro atoms. The van der Waals surface area contributed by atoms with E-state index in [0.29, 0.717) is 34.9 Å². The summed E-state index contributed by atoms with van der Waals surface area (Å²) in [6.45, 7) is 3.56. The number of amides is 1. The number of aryl methyl sites for hydroxylation is 3. The molecule has 0 unspecified atom stereocenters. The van der Waals surface area contributed by atoms with Crippen molar-refractivity contribution < 1.29 is 28.9 Å². The largest absolute Gasteiger partial charge is 0.493 e. The van der Waals surface area contributed by atoms with Gasteiger partial charge in [-0.2, -0.15) is 0 Å². The predicted octanol–water partition coefficient (Wildman–Crippen LogP) is 3.60. The van der Waals surface area contributed by atoms with Crippen LogP contribution in [0.2, 0.25) is 0 Å². The van der Waals surface area contributed by atoms with Crippen molar-refractivity contribution in [2.24, 2.45) is 0 Å². The molecule has 0 fully saturated rings. The fourth-order valence-corrected chi connectivity index (χ4v) is 2.97. The first kappa shape index (κ1) is 21.1. The number of aromatic carboxylic acids is 1. The molecule has 1 amide bonds.